The van der Waals surface area contributed by atoms with E-state index in [9.17, 15) is 9.59 Å². The molecule has 4 nitrogen and oxygen atoms in total. The van der Waals surface area contributed by atoms with Gasteiger partial charge in [-0.1, -0.05) is 25.1 Å². The lowest BCUT2D eigenvalue weighted by Gasteiger charge is -2.09. The van der Waals surface area contributed by atoms with Gasteiger partial charge < -0.3 is 10.6 Å². The zero-order chi connectivity index (χ0) is 15.2. The Balaban J connectivity index is 2.19. The molecule has 0 aliphatic heterocycles. The fourth-order valence-corrected chi connectivity index (χ4v) is 1.96. The minimum atomic E-state index is -0.197. The van der Waals surface area contributed by atoms with E-state index in [1.54, 1.807) is 19.1 Å². The van der Waals surface area contributed by atoms with Gasteiger partial charge in [-0.3, -0.25) is 9.59 Å². The molecule has 0 aliphatic carbocycles. The van der Waals surface area contributed by atoms with E-state index in [1.807, 2.05) is 43.3 Å². The Bertz CT molecular complexity index is 651. The number of benzene rings is 2. The molecule has 2 N–H and O–H groups in total. The monoisotopic (exact) mass is 282 g/mol. The minimum absolute atomic E-state index is 0.0741. The predicted octanol–water partition coefficient (Wildman–Crippen LogP) is 3.60. The van der Waals surface area contributed by atoms with Crippen molar-refractivity contribution in [1.82, 2.24) is 0 Å². The van der Waals surface area contributed by atoms with Gasteiger partial charge in [-0.05, 0) is 42.8 Å². The molecule has 0 heterocycles. The summed E-state index contributed by atoms with van der Waals surface area (Å²) in [4.78, 5) is 23.7. The van der Waals surface area contributed by atoms with Crippen LogP contribution in [0.25, 0.3) is 0 Å². The Hall–Kier alpha value is -2.62. The number of carbonyl (C=O) groups excluding carboxylic acids is 2. The molecular formula is C17H18N2O2. The van der Waals surface area contributed by atoms with Crippen LogP contribution in [0.5, 0.6) is 0 Å². The molecule has 2 amide bonds. The van der Waals surface area contributed by atoms with Crippen LogP contribution in [0.3, 0.4) is 0 Å². The fraction of sp³-hybridized carbons (Fsp3) is 0.176. The second kappa shape index (κ2) is 6.70. The van der Waals surface area contributed by atoms with E-state index in [0.29, 0.717) is 17.7 Å². The van der Waals surface area contributed by atoms with Crippen LogP contribution in [0, 0.1) is 6.92 Å². The first-order valence-corrected chi connectivity index (χ1v) is 6.86. The molecule has 0 unspecified atom stereocenters. The van der Waals surface area contributed by atoms with E-state index in [4.69, 9.17) is 0 Å². The van der Waals surface area contributed by atoms with Gasteiger partial charge in [0.1, 0.15) is 0 Å². The van der Waals surface area contributed by atoms with Gasteiger partial charge >= 0.3 is 0 Å². The summed E-state index contributed by atoms with van der Waals surface area (Å²) in [6.07, 6.45) is 0.402. The van der Waals surface area contributed by atoms with Crippen molar-refractivity contribution in [2.75, 3.05) is 10.6 Å². The van der Waals surface area contributed by atoms with Crippen molar-refractivity contribution >= 4 is 23.2 Å². The number of nitrogens with one attached hydrogen (secondary N) is 2. The molecule has 0 radical (unpaired) electrons. The Morgan fingerprint density at radius 1 is 0.952 bits per heavy atom. The standard InChI is InChI=1S/C17H18N2O2/c1-3-16(20)18-15-10-12(2)9-13(11-15)17(21)19-14-7-5-4-6-8-14/h4-11H,3H2,1-2H3,(H,18,20)(H,19,21). The minimum Gasteiger partial charge on any atom is -0.326 e. The van der Waals surface area contributed by atoms with Crippen molar-refractivity contribution in [3.05, 3.63) is 59.7 Å². The average molecular weight is 282 g/mol. The molecule has 0 aliphatic rings. The molecule has 2 aromatic rings. The Morgan fingerprint density at radius 2 is 1.67 bits per heavy atom. The van der Waals surface area contributed by atoms with Crippen LogP contribution < -0.4 is 10.6 Å². The number of rotatable bonds is 4. The molecule has 2 aromatic carbocycles. The predicted molar refractivity (Wildman–Crippen MR) is 84.5 cm³/mol. The first-order valence-electron chi connectivity index (χ1n) is 6.86. The van der Waals surface area contributed by atoms with Gasteiger partial charge in [-0.15, -0.1) is 0 Å². The first-order chi connectivity index (χ1) is 10.1. The number of aryl methyl sites for hydroxylation is 1. The third kappa shape index (κ3) is 4.18. The van der Waals surface area contributed by atoms with Crippen LogP contribution in [-0.2, 0) is 4.79 Å². The lowest BCUT2D eigenvalue weighted by Crippen LogP contribution is -2.14. The van der Waals surface area contributed by atoms with Gasteiger partial charge in [0.25, 0.3) is 5.91 Å². The molecule has 0 bridgehead atoms. The maximum absolute atomic E-state index is 12.3. The zero-order valence-electron chi connectivity index (χ0n) is 12.1. The SMILES string of the molecule is CCC(=O)Nc1cc(C)cc(C(=O)Nc2ccccc2)c1. The van der Waals surface area contributed by atoms with Gasteiger partial charge in [-0.2, -0.15) is 0 Å². The molecule has 108 valence electrons. The second-order valence-electron chi connectivity index (χ2n) is 4.81. The molecule has 0 saturated carbocycles. The number of para-hydroxylation sites is 1. The first kappa shape index (κ1) is 14.8. The summed E-state index contributed by atoms with van der Waals surface area (Å²) in [5.41, 5.74) is 2.82. The smallest absolute Gasteiger partial charge is 0.255 e. The largest absolute Gasteiger partial charge is 0.326 e. The van der Waals surface area contributed by atoms with Crippen molar-refractivity contribution in [2.45, 2.75) is 20.3 Å². The van der Waals surface area contributed by atoms with E-state index < -0.39 is 0 Å². The normalized spacial score (nSPS) is 10.0. The molecule has 0 spiro atoms. The lowest BCUT2D eigenvalue weighted by molar-refractivity contribution is -0.115. The molecule has 21 heavy (non-hydrogen) atoms. The maximum atomic E-state index is 12.3. The molecule has 2 rings (SSSR count). The third-order valence-electron chi connectivity index (χ3n) is 2.98. The van der Waals surface area contributed by atoms with Crippen molar-refractivity contribution in [3.8, 4) is 0 Å². The zero-order valence-corrected chi connectivity index (χ0v) is 12.1. The lowest BCUT2D eigenvalue weighted by atomic mass is 10.1. The quantitative estimate of drug-likeness (QED) is 0.900. The molecule has 0 aromatic heterocycles. The molecule has 0 atom stereocenters. The van der Waals surface area contributed by atoms with Gasteiger partial charge in [0.05, 0.1) is 0 Å². The summed E-state index contributed by atoms with van der Waals surface area (Å²) in [5, 5.41) is 5.60. The van der Waals surface area contributed by atoms with E-state index in [0.717, 1.165) is 11.3 Å². The number of amides is 2. The highest BCUT2D eigenvalue weighted by molar-refractivity contribution is 6.05. The summed E-state index contributed by atoms with van der Waals surface area (Å²) in [6, 6.07) is 14.6. The topological polar surface area (TPSA) is 58.2 Å². The summed E-state index contributed by atoms with van der Waals surface area (Å²) >= 11 is 0. The highest BCUT2D eigenvalue weighted by Crippen LogP contribution is 2.16. The fourth-order valence-electron chi connectivity index (χ4n) is 1.96. The van der Waals surface area contributed by atoms with Gasteiger partial charge in [0.2, 0.25) is 5.91 Å². The van der Waals surface area contributed by atoms with Crippen molar-refractivity contribution < 1.29 is 9.59 Å². The summed E-state index contributed by atoms with van der Waals surface area (Å²) in [6.45, 7) is 3.68. The molecule has 0 fully saturated rings. The molecule has 4 heteroatoms. The molecule has 0 saturated heterocycles. The van der Waals surface area contributed by atoms with E-state index in [-0.39, 0.29) is 11.8 Å². The number of hydrogen-bond donors (Lipinski definition) is 2. The van der Waals surface area contributed by atoms with Crippen LogP contribution in [0.4, 0.5) is 11.4 Å². The van der Waals surface area contributed by atoms with Gasteiger partial charge in [-0.25, -0.2) is 0 Å². The average Bonchev–Trinajstić information content (AvgIpc) is 2.47. The third-order valence-corrected chi connectivity index (χ3v) is 2.98. The van der Waals surface area contributed by atoms with E-state index in [1.165, 1.54) is 0 Å². The highest BCUT2D eigenvalue weighted by atomic mass is 16.2. The van der Waals surface area contributed by atoms with Crippen LogP contribution in [-0.4, -0.2) is 11.8 Å². The Kier molecular flexibility index (Phi) is 4.72. The maximum Gasteiger partial charge on any atom is 0.255 e. The van der Waals surface area contributed by atoms with Crippen LogP contribution in [0.1, 0.15) is 29.3 Å². The number of carbonyl (C=O) groups is 2. The van der Waals surface area contributed by atoms with E-state index in [2.05, 4.69) is 10.6 Å². The Morgan fingerprint density at radius 3 is 2.33 bits per heavy atom. The second-order valence-corrected chi connectivity index (χ2v) is 4.81. The van der Waals surface area contributed by atoms with Crippen molar-refractivity contribution in [3.63, 3.8) is 0 Å². The van der Waals surface area contributed by atoms with Gasteiger partial charge in [0.15, 0.2) is 0 Å². The van der Waals surface area contributed by atoms with Gasteiger partial charge in [0, 0.05) is 23.4 Å². The van der Waals surface area contributed by atoms with E-state index >= 15 is 0 Å². The summed E-state index contributed by atoms with van der Waals surface area (Å²) in [5.74, 6) is -0.271. The Labute approximate surface area is 124 Å². The highest BCUT2D eigenvalue weighted by Gasteiger charge is 2.09. The van der Waals surface area contributed by atoms with Crippen LogP contribution in [0.2, 0.25) is 0 Å². The molecular weight excluding hydrogens is 264 g/mol. The summed E-state index contributed by atoms with van der Waals surface area (Å²) < 4.78 is 0. The number of anilines is 2. The number of hydrogen-bond acceptors (Lipinski definition) is 2. The van der Waals surface area contributed by atoms with Crippen molar-refractivity contribution in [1.29, 1.82) is 0 Å². The van der Waals surface area contributed by atoms with Crippen LogP contribution in [0.15, 0.2) is 48.5 Å². The van der Waals surface area contributed by atoms with Crippen molar-refractivity contribution in [2.24, 2.45) is 0 Å². The summed E-state index contributed by atoms with van der Waals surface area (Å²) in [7, 11) is 0. The van der Waals surface area contributed by atoms with Crippen LogP contribution >= 0.6 is 0 Å².